The fourth-order valence-electron chi connectivity index (χ4n) is 3.75. The average molecular weight is 522 g/mol. The molecule has 10 heteroatoms. The summed E-state index contributed by atoms with van der Waals surface area (Å²) in [5.74, 6) is -2.26. The Bertz CT molecular complexity index is 1240. The van der Waals surface area contributed by atoms with Crippen molar-refractivity contribution in [1.29, 1.82) is 5.26 Å². The number of carbonyl (C=O) groups is 4. The Morgan fingerprint density at radius 3 is 2.24 bits per heavy atom. The van der Waals surface area contributed by atoms with E-state index in [1.807, 2.05) is 45.0 Å². The first kappa shape index (κ1) is 29.8. The zero-order chi connectivity index (χ0) is 28.6. The lowest BCUT2D eigenvalue weighted by molar-refractivity contribution is -0.141. The van der Waals surface area contributed by atoms with Gasteiger partial charge in [-0.05, 0) is 69.9 Å². The molecule has 0 saturated carbocycles. The normalized spacial score (nSPS) is 12.4. The van der Waals surface area contributed by atoms with Crippen molar-refractivity contribution in [1.82, 2.24) is 10.2 Å². The first-order valence-electron chi connectivity index (χ1n) is 12.1. The van der Waals surface area contributed by atoms with Crippen LogP contribution in [0.4, 0.5) is 10.5 Å². The molecule has 10 nitrogen and oxygen atoms in total. The molecular formula is C28H35N5O5. The zero-order valence-electron chi connectivity index (χ0n) is 22.6. The quantitative estimate of drug-likeness (QED) is 0.430. The van der Waals surface area contributed by atoms with Crippen LogP contribution in [0.3, 0.4) is 0 Å². The number of anilines is 1. The molecule has 2 rings (SSSR count). The van der Waals surface area contributed by atoms with Gasteiger partial charge in [0.25, 0.3) is 5.91 Å². The average Bonchev–Trinajstić information content (AvgIpc) is 2.80. The summed E-state index contributed by atoms with van der Waals surface area (Å²) in [5, 5.41) is 14.8. The molecule has 0 radical (unpaired) electrons. The topological polar surface area (TPSA) is 155 Å². The van der Waals surface area contributed by atoms with Gasteiger partial charge < -0.3 is 26.0 Å². The van der Waals surface area contributed by atoms with Gasteiger partial charge in [0.15, 0.2) is 0 Å². The van der Waals surface area contributed by atoms with Gasteiger partial charge >= 0.3 is 6.09 Å². The number of aryl methyl sites for hydroxylation is 3. The van der Waals surface area contributed by atoms with Crippen molar-refractivity contribution < 1.29 is 23.9 Å². The van der Waals surface area contributed by atoms with Gasteiger partial charge in [-0.1, -0.05) is 36.4 Å². The lowest BCUT2D eigenvalue weighted by atomic mass is 9.98. The molecule has 2 atom stereocenters. The SMILES string of the molecule is Cc1ccc(C(C(=O)Nc2ccccc2C)N(CC#N)C(=O)C(CC(N)=O)NC(=O)OC(C)(C)C)cc1C. The third-order valence-electron chi connectivity index (χ3n) is 5.73. The van der Waals surface area contributed by atoms with Crippen LogP contribution in [-0.4, -0.2) is 46.9 Å². The maximum atomic E-state index is 13.8. The highest BCUT2D eigenvalue weighted by molar-refractivity contribution is 6.00. The fraction of sp³-hybridized carbons (Fsp3) is 0.393. The van der Waals surface area contributed by atoms with Gasteiger partial charge in [-0.25, -0.2) is 4.79 Å². The predicted octanol–water partition coefficient (Wildman–Crippen LogP) is 3.41. The maximum absolute atomic E-state index is 13.8. The molecule has 0 aliphatic heterocycles. The monoisotopic (exact) mass is 521 g/mol. The van der Waals surface area contributed by atoms with Gasteiger partial charge in [-0.15, -0.1) is 0 Å². The van der Waals surface area contributed by atoms with E-state index in [-0.39, 0.29) is 0 Å². The van der Waals surface area contributed by atoms with Gasteiger partial charge in [0.1, 0.15) is 24.2 Å². The summed E-state index contributed by atoms with van der Waals surface area (Å²) in [5.41, 5.74) is 8.14. The second kappa shape index (κ2) is 12.7. The highest BCUT2D eigenvalue weighted by atomic mass is 16.6. The molecule has 4 N–H and O–H groups in total. The molecular weight excluding hydrogens is 486 g/mol. The lowest BCUT2D eigenvalue weighted by Crippen LogP contribution is -2.53. The number of nitrogens with one attached hydrogen (secondary N) is 2. The number of para-hydroxylation sites is 1. The Kier molecular flexibility index (Phi) is 9.99. The van der Waals surface area contributed by atoms with E-state index < -0.39 is 54.5 Å². The number of nitrogens with zero attached hydrogens (tertiary/aromatic N) is 2. The summed E-state index contributed by atoms with van der Waals surface area (Å²) in [4.78, 5) is 52.8. The maximum Gasteiger partial charge on any atom is 0.408 e. The minimum absolute atomic E-state index is 0.456. The van der Waals surface area contributed by atoms with Crippen molar-refractivity contribution in [2.75, 3.05) is 11.9 Å². The first-order chi connectivity index (χ1) is 17.7. The van der Waals surface area contributed by atoms with Crippen LogP contribution < -0.4 is 16.4 Å². The molecule has 2 unspecified atom stereocenters. The standard InChI is InChI=1S/C28H35N5O5/c1-17-11-12-20(15-19(17)3)24(25(35)31-21-10-8-7-9-18(21)2)33(14-13-29)26(36)22(16-23(30)34)32-27(37)38-28(4,5)6/h7-12,15,22,24H,14,16H2,1-6H3,(H2,30,34)(H,31,35)(H,32,37). The van der Waals surface area contributed by atoms with E-state index in [9.17, 15) is 24.4 Å². The smallest absolute Gasteiger partial charge is 0.408 e. The van der Waals surface area contributed by atoms with Crippen molar-refractivity contribution in [3.05, 3.63) is 64.7 Å². The molecule has 0 saturated heterocycles. The van der Waals surface area contributed by atoms with E-state index in [2.05, 4.69) is 10.6 Å². The van der Waals surface area contributed by atoms with Crippen molar-refractivity contribution in [3.8, 4) is 6.07 Å². The number of nitriles is 1. The molecule has 0 heterocycles. The van der Waals surface area contributed by atoms with Gasteiger partial charge in [-0.3, -0.25) is 14.4 Å². The van der Waals surface area contributed by atoms with E-state index in [1.165, 1.54) is 0 Å². The van der Waals surface area contributed by atoms with E-state index in [4.69, 9.17) is 10.5 Å². The number of hydrogen-bond acceptors (Lipinski definition) is 6. The van der Waals surface area contributed by atoms with E-state index in [1.54, 1.807) is 45.0 Å². The summed E-state index contributed by atoms with van der Waals surface area (Å²) < 4.78 is 5.24. The van der Waals surface area contributed by atoms with Crippen molar-refractivity contribution in [2.24, 2.45) is 5.73 Å². The minimum atomic E-state index is -1.46. The van der Waals surface area contributed by atoms with Crippen molar-refractivity contribution in [3.63, 3.8) is 0 Å². The second-order valence-electron chi connectivity index (χ2n) is 10.0. The van der Waals surface area contributed by atoms with E-state index in [0.717, 1.165) is 21.6 Å². The Hall–Kier alpha value is -4.39. The molecule has 2 aromatic rings. The van der Waals surface area contributed by atoms with Crippen molar-refractivity contribution >= 4 is 29.5 Å². The predicted molar refractivity (Wildman–Crippen MR) is 143 cm³/mol. The van der Waals surface area contributed by atoms with Gasteiger partial charge in [-0.2, -0.15) is 5.26 Å². The summed E-state index contributed by atoms with van der Waals surface area (Å²) >= 11 is 0. The number of rotatable bonds is 9. The van der Waals surface area contributed by atoms with Crippen LogP contribution in [0.25, 0.3) is 0 Å². The molecule has 0 spiro atoms. The molecule has 0 bridgehead atoms. The number of ether oxygens (including phenoxy) is 1. The lowest BCUT2D eigenvalue weighted by Gasteiger charge is -2.33. The fourth-order valence-corrected chi connectivity index (χ4v) is 3.75. The molecule has 4 amide bonds. The van der Waals surface area contributed by atoms with Crippen LogP contribution in [-0.2, 0) is 19.1 Å². The molecule has 2 aromatic carbocycles. The van der Waals surface area contributed by atoms with Crippen LogP contribution in [0.2, 0.25) is 0 Å². The van der Waals surface area contributed by atoms with Crippen LogP contribution in [0.5, 0.6) is 0 Å². The van der Waals surface area contributed by atoms with Crippen LogP contribution in [0, 0.1) is 32.1 Å². The molecule has 202 valence electrons. The highest BCUT2D eigenvalue weighted by Gasteiger charge is 2.37. The number of hydrogen-bond donors (Lipinski definition) is 3. The molecule has 0 aromatic heterocycles. The Labute approximate surface area is 223 Å². The first-order valence-corrected chi connectivity index (χ1v) is 12.1. The number of benzene rings is 2. The third kappa shape index (κ3) is 8.34. The molecule has 0 fully saturated rings. The number of alkyl carbamates (subject to hydrolysis) is 1. The third-order valence-corrected chi connectivity index (χ3v) is 5.73. The van der Waals surface area contributed by atoms with E-state index in [0.29, 0.717) is 11.3 Å². The number of carbonyl (C=O) groups excluding carboxylic acids is 4. The molecule has 0 aliphatic rings. The minimum Gasteiger partial charge on any atom is -0.444 e. The molecule has 38 heavy (non-hydrogen) atoms. The summed E-state index contributed by atoms with van der Waals surface area (Å²) in [6, 6.07) is 11.6. The Morgan fingerprint density at radius 2 is 1.68 bits per heavy atom. The van der Waals surface area contributed by atoms with Crippen LogP contribution >= 0.6 is 0 Å². The van der Waals surface area contributed by atoms with E-state index >= 15 is 0 Å². The summed E-state index contributed by atoms with van der Waals surface area (Å²) in [6.07, 6.45) is -1.50. The Morgan fingerprint density at radius 1 is 1.03 bits per heavy atom. The number of nitrogens with two attached hydrogens (primary N) is 1. The summed E-state index contributed by atoms with van der Waals surface area (Å²) in [7, 11) is 0. The van der Waals surface area contributed by atoms with Gasteiger partial charge in [0.05, 0.1) is 12.5 Å². The number of amides is 4. The molecule has 0 aliphatic carbocycles. The van der Waals surface area contributed by atoms with Gasteiger partial charge in [0.2, 0.25) is 11.8 Å². The zero-order valence-corrected chi connectivity index (χ0v) is 22.6. The van der Waals surface area contributed by atoms with Gasteiger partial charge in [0, 0.05) is 5.69 Å². The Balaban J connectivity index is 2.56. The highest BCUT2D eigenvalue weighted by Crippen LogP contribution is 2.27. The summed E-state index contributed by atoms with van der Waals surface area (Å²) in [6.45, 7) is 10.0. The van der Waals surface area contributed by atoms with Crippen LogP contribution in [0.15, 0.2) is 42.5 Å². The largest absolute Gasteiger partial charge is 0.444 e. The number of primary amides is 1. The second-order valence-corrected chi connectivity index (χ2v) is 10.0. The van der Waals surface area contributed by atoms with Crippen molar-refractivity contribution in [2.45, 2.75) is 65.6 Å². The van der Waals surface area contributed by atoms with Crippen LogP contribution in [0.1, 0.15) is 55.5 Å².